The van der Waals surface area contributed by atoms with Gasteiger partial charge in [0.05, 0.1) is 0 Å². The molecule has 0 saturated heterocycles. The lowest BCUT2D eigenvalue weighted by Crippen LogP contribution is -2.23. The summed E-state index contributed by atoms with van der Waals surface area (Å²) in [6, 6.07) is 1.01. The van der Waals surface area contributed by atoms with Gasteiger partial charge in [0.25, 0.3) is 6.69 Å². The fourth-order valence-electron chi connectivity index (χ4n) is 1.64. The zero-order valence-corrected chi connectivity index (χ0v) is 8.88. The van der Waals surface area contributed by atoms with Gasteiger partial charge < -0.3 is 0 Å². The van der Waals surface area contributed by atoms with E-state index in [0.29, 0.717) is 5.54 Å². The number of hydrogen-bond acceptors (Lipinski definition) is 0. The summed E-state index contributed by atoms with van der Waals surface area (Å²) in [7, 11) is 0. The number of halogens is 2. The summed E-state index contributed by atoms with van der Waals surface area (Å²) < 4.78 is 0. The van der Waals surface area contributed by atoms with Crippen LogP contribution in [0.25, 0.3) is 0 Å². The van der Waals surface area contributed by atoms with Gasteiger partial charge in [0.1, 0.15) is 0 Å². The van der Waals surface area contributed by atoms with Gasteiger partial charge in [-0.3, -0.25) is 0 Å². The van der Waals surface area contributed by atoms with Crippen LogP contribution in [-0.4, -0.2) is 6.69 Å². The molecule has 0 bridgehead atoms. The van der Waals surface area contributed by atoms with Gasteiger partial charge >= 0.3 is 0 Å². The predicted molar refractivity (Wildman–Crippen MR) is 50.2 cm³/mol. The molecule has 0 radical (unpaired) electrons. The average Bonchev–Trinajstić information content (AvgIpc) is 2.38. The molecule has 0 unspecified atom stereocenters. The van der Waals surface area contributed by atoms with E-state index in [4.69, 9.17) is 22.2 Å². The molecule has 0 aliphatic heterocycles. The van der Waals surface area contributed by atoms with Crippen LogP contribution in [0.2, 0.25) is 11.6 Å². The summed E-state index contributed by atoms with van der Waals surface area (Å²) >= 11 is 12.5. The normalized spacial score (nSPS) is 21.9. The summed E-state index contributed by atoms with van der Waals surface area (Å²) in [5, 5.41) is 0. The highest BCUT2D eigenvalue weighted by molar-refractivity contribution is 7.46. The maximum Gasteiger partial charge on any atom is 0.254 e. The van der Waals surface area contributed by atoms with Crippen LogP contribution in [-0.2, 0) is 0 Å². The predicted octanol–water partition coefficient (Wildman–Crippen LogP) is 3.87. The van der Waals surface area contributed by atoms with Gasteiger partial charge in [0.2, 0.25) is 0 Å². The quantitative estimate of drug-likeness (QED) is 0.465. The van der Waals surface area contributed by atoms with E-state index in [2.05, 4.69) is 6.92 Å². The molecule has 1 aliphatic carbocycles. The van der Waals surface area contributed by atoms with Crippen LogP contribution >= 0.6 is 22.2 Å². The van der Waals surface area contributed by atoms with E-state index >= 15 is 0 Å². The third-order valence-electron chi connectivity index (χ3n) is 2.42. The molecule has 1 rings (SSSR count). The van der Waals surface area contributed by atoms with Crippen LogP contribution in [0.4, 0.5) is 0 Å². The first kappa shape index (κ1) is 8.89. The molecule has 0 atom stereocenters. The van der Waals surface area contributed by atoms with Crippen molar-refractivity contribution in [2.24, 2.45) is 0 Å². The molecule has 0 amide bonds. The average molecular weight is 197 g/mol. The van der Waals surface area contributed by atoms with E-state index in [-0.39, 0.29) is 0 Å². The topological polar surface area (TPSA) is 0 Å². The molecule has 10 heavy (non-hydrogen) atoms. The highest BCUT2D eigenvalue weighted by Crippen LogP contribution is 2.44. The van der Waals surface area contributed by atoms with E-state index in [0.717, 1.165) is 6.04 Å². The van der Waals surface area contributed by atoms with Gasteiger partial charge in [-0.15, -0.1) is 22.2 Å². The molecule has 0 N–H and O–H groups in total. The molecule has 0 aromatic carbocycles. The molecule has 0 heterocycles. The Morgan fingerprint density at radius 1 is 1.30 bits per heavy atom. The summed E-state index contributed by atoms with van der Waals surface area (Å²) in [6.45, 7) is 0.316. The number of rotatable bonds is 2. The Labute approximate surface area is 73.3 Å². The summed E-state index contributed by atoms with van der Waals surface area (Å²) in [4.78, 5) is 0. The number of hydrogen-bond donors (Lipinski definition) is 0. The van der Waals surface area contributed by atoms with Gasteiger partial charge in [-0.25, -0.2) is 0 Å². The van der Waals surface area contributed by atoms with Gasteiger partial charge in [0.15, 0.2) is 0 Å². The Hall–Kier alpha value is 0.797. The Morgan fingerprint density at radius 2 is 1.80 bits per heavy atom. The van der Waals surface area contributed by atoms with Gasteiger partial charge in [-0.05, 0) is 11.6 Å². The van der Waals surface area contributed by atoms with Crippen molar-refractivity contribution in [3.8, 4) is 0 Å². The van der Waals surface area contributed by atoms with Crippen molar-refractivity contribution in [2.45, 2.75) is 44.2 Å². The smallest absolute Gasteiger partial charge is 0.146 e. The molecule has 3 heteroatoms. The lowest BCUT2D eigenvalue weighted by molar-refractivity contribution is 0.853. The molecule has 0 aromatic rings. The third kappa shape index (κ3) is 1.90. The second kappa shape index (κ2) is 3.46. The van der Waals surface area contributed by atoms with Crippen molar-refractivity contribution >= 4 is 28.9 Å². The first-order valence-electron chi connectivity index (χ1n) is 4.04. The van der Waals surface area contributed by atoms with Crippen molar-refractivity contribution in [1.82, 2.24) is 0 Å². The maximum atomic E-state index is 6.23. The minimum absolute atomic E-state index is 0.695. The van der Waals surface area contributed by atoms with Gasteiger partial charge in [-0.2, -0.15) is 0 Å². The first-order valence-corrected chi connectivity index (χ1v) is 8.35. The Balaban J connectivity index is 2.45. The maximum absolute atomic E-state index is 6.23. The standard InChI is InChI=1S/C7H14Cl2Si/c1-2-10(8,9)7-5-3-4-6-7/h7H,2-6H2,1H3. The largest absolute Gasteiger partial charge is 0.254 e. The van der Waals surface area contributed by atoms with E-state index < -0.39 is 6.69 Å². The molecule has 0 aromatic heterocycles. The molecule has 1 fully saturated rings. The van der Waals surface area contributed by atoms with Crippen LogP contribution in [0.3, 0.4) is 0 Å². The molecule has 1 aliphatic rings. The SMILES string of the molecule is CC[Si](Cl)(Cl)C1CCCC1. The molecule has 0 spiro atoms. The fourth-order valence-corrected chi connectivity index (χ4v) is 4.78. The Bertz CT molecular complexity index is 108. The van der Waals surface area contributed by atoms with Crippen LogP contribution in [0, 0.1) is 0 Å². The summed E-state index contributed by atoms with van der Waals surface area (Å²) in [5.74, 6) is 0. The van der Waals surface area contributed by atoms with E-state index in [9.17, 15) is 0 Å². The molecular formula is C7H14Cl2Si. The zero-order chi connectivity index (χ0) is 7.61. The zero-order valence-electron chi connectivity index (χ0n) is 6.37. The monoisotopic (exact) mass is 196 g/mol. The van der Waals surface area contributed by atoms with E-state index in [1.54, 1.807) is 0 Å². The van der Waals surface area contributed by atoms with Crippen molar-refractivity contribution in [3.63, 3.8) is 0 Å². The second-order valence-electron chi connectivity index (χ2n) is 3.10. The van der Waals surface area contributed by atoms with E-state index in [1.165, 1.54) is 25.7 Å². The van der Waals surface area contributed by atoms with Gasteiger partial charge in [-0.1, -0.05) is 32.6 Å². The van der Waals surface area contributed by atoms with Crippen LogP contribution in [0.5, 0.6) is 0 Å². The minimum Gasteiger partial charge on any atom is -0.146 e. The first-order chi connectivity index (χ1) is 4.67. The second-order valence-corrected chi connectivity index (χ2v) is 10.8. The Kier molecular flexibility index (Phi) is 3.08. The third-order valence-corrected chi connectivity index (χ3v) is 8.59. The van der Waals surface area contributed by atoms with Crippen LogP contribution in [0.1, 0.15) is 32.6 Å². The van der Waals surface area contributed by atoms with Crippen molar-refractivity contribution in [1.29, 1.82) is 0 Å². The van der Waals surface area contributed by atoms with Crippen molar-refractivity contribution in [3.05, 3.63) is 0 Å². The molecule has 60 valence electrons. The highest BCUT2D eigenvalue weighted by Gasteiger charge is 2.37. The van der Waals surface area contributed by atoms with Crippen molar-refractivity contribution in [2.75, 3.05) is 0 Å². The minimum atomic E-state index is -1.80. The van der Waals surface area contributed by atoms with E-state index in [1.807, 2.05) is 0 Å². The molecular weight excluding hydrogens is 183 g/mol. The van der Waals surface area contributed by atoms with Crippen LogP contribution in [0.15, 0.2) is 0 Å². The Morgan fingerprint density at radius 3 is 2.20 bits per heavy atom. The lowest BCUT2D eigenvalue weighted by Gasteiger charge is -2.21. The van der Waals surface area contributed by atoms with Gasteiger partial charge in [0, 0.05) is 0 Å². The summed E-state index contributed by atoms with van der Waals surface area (Å²) in [5.41, 5.74) is 0.695. The summed E-state index contributed by atoms with van der Waals surface area (Å²) in [6.07, 6.45) is 5.26. The molecule has 1 saturated carbocycles. The van der Waals surface area contributed by atoms with Crippen LogP contribution < -0.4 is 0 Å². The van der Waals surface area contributed by atoms with Crippen molar-refractivity contribution < 1.29 is 0 Å². The molecule has 0 nitrogen and oxygen atoms in total. The fraction of sp³-hybridized carbons (Fsp3) is 1.00. The highest BCUT2D eigenvalue weighted by atomic mass is 35.7. The lowest BCUT2D eigenvalue weighted by atomic mass is 10.4.